The number of ether oxygens (including phenoxy) is 1. The van der Waals surface area contributed by atoms with Gasteiger partial charge in [-0.1, -0.05) is 54.6 Å². The lowest BCUT2D eigenvalue weighted by atomic mass is 10.0. The van der Waals surface area contributed by atoms with Crippen molar-refractivity contribution >= 4 is 35.3 Å². The van der Waals surface area contributed by atoms with Gasteiger partial charge in [0.05, 0.1) is 24.5 Å². The average molecular weight is 617 g/mol. The van der Waals surface area contributed by atoms with Crippen LogP contribution in [0, 0.1) is 0 Å². The van der Waals surface area contributed by atoms with Gasteiger partial charge in [-0.25, -0.2) is 4.57 Å². The van der Waals surface area contributed by atoms with E-state index < -0.39 is 43.4 Å². The first-order valence-electron chi connectivity index (χ1n) is 11.1. The monoisotopic (exact) mass is 616 g/mol. The Hall–Kier alpha value is -2.73. The number of alkyl halides is 3. The van der Waals surface area contributed by atoms with Gasteiger partial charge in [-0.2, -0.15) is 13.2 Å². The number of nitrogens with one attached hydrogen (secondary N) is 1. The molecule has 0 heterocycles. The van der Waals surface area contributed by atoms with E-state index >= 15 is 0 Å². The lowest BCUT2D eigenvalue weighted by Gasteiger charge is -2.24. The highest BCUT2D eigenvalue weighted by atomic mass is 79.9. The highest BCUT2D eigenvalue weighted by molar-refractivity contribution is 9.10. The largest absolute Gasteiger partial charge is 0.493 e. The van der Waals surface area contributed by atoms with Crippen LogP contribution in [-0.4, -0.2) is 34.4 Å². The van der Waals surface area contributed by atoms with Crippen molar-refractivity contribution in [2.75, 3.05) is 18.5 Å². The van der Waals surface area contributed by atoms with E-state index in [0.29, 0.717) is 12.5 Å². The first kappa shape index (κ1) is 29.8. The van der Waals surface area contributed by atoms with Crippen LogP contribution < -0.4 is 15.8 Å². The maximum atomic E-state index is 13.8. The van der Waals surface area contributed by atoms with Crippen LogP contribution in [0.1, 0.15) is 18.1 Å². The van der Waals surface area contributed by atoms with Crippen molar-refractivity contribution < 1.29 is 41.6 Å². The number of anilines is 1. The molecule has 0 radical (unpaired) electrons. The molecule has 0 aromatic heterocycles. The first-order chi connectivity index (χ1) is 17.7. The van der Waals surface area contributed by atoms with E-state index in [1.165, 1.54) is 0 Å². The number of hydrogen-bond donors (Lipinski definition) is 4. The summed E-state index contributed by atoms with van der Waals surface area (Å²) in [6.45, 7) is 0.202. The average Bonchev–Trinajstić information content (AvgIpc) is 2.84. The summed E-state index contributed by atoms with van der Waals surface area (Å²) in [5, 5.41) is 2.23. The van der Waals surface area contributed by atoms with Gasteiger partial charge < -0.3 is 25.6 Å². The van der Waals surface area contributed by atoms with Crippen molar-refractivity contribution in [2.24, 2.45) is 5.73 Å². The smallest absolute Gasteiger partial charge is 0.469 e. The molecule has 1 atom stereocenters. The fourth-order valence-corrected chi connectivity index (χ4v) is 4.17. The van der Waals surface area contributed by atoms with Gasteiger partial charge >= 0.3 is 14.0 Å². The highest BCUT2D eigenvalue weighted by Crippen LogP contribution is 2.41. The second kappa shape index (κ2) is 12.0. The van der Waals surface area contributed by atoms with E-state index in [2.05, 4.69) is 25.8 Å². The molecule has 0 unspecified atom stereocenters. The van der Waals surface area contributed by atoms with Crippen LogP contribution in [0.3, 0.4) is 0 Å². The normalized spacial score (nSPS) is 13.6. The zero-order valence-corrected chi connectivity index (χ0v) is 22.5. The quantitative estimate of drug-likeness (QED) is 0.221. The van der Waals surface area contributed by atoms with Crippen LogP contribution in [-0.2, 0) is 26.5 Å². The SMILES string of the molecule is C[C@](N)(COP(=O)(O)O)C(=O)Nc1cc(C(F)(F)F)c(OCCc2ccc(-c3ccccc3)cc2)cc1Br. The summed E-state index contributed by atoms with van der Waals surface area (Å²) < 4.78 is 62.1. The van der Waals surface area contributed by atoms with Crippen LogP contribution in [0.4, 0.5) is 18.9 Å². The zero-order valence-electron chi connectivity index (χ0n) is 20.0. The Kier molecular flexibility index (Phi) is 9.40. The minimum Gasteiger partial charge on any atom is -0.493 e. The van der Waals surface area contributed by atoms with Gasteiger partial charge in [0, 0.05) is 10.9 Å². The third-order valence-electron chi connectivity index (χ3n) is 5.38. The lowest BCUT2D eigenvalue weighted by molar-refractivity contribution is -0.139. The highest BCUT2D eigenvalue weighted by Gasteiger charge is 2.37. The summed E-state index contributed by atoms with van der Waals surface area (Å²) in [6.07, 6.45) is -4.45. The van der Waals surface area contributed by atoms with E-state index in [1.54, 1.807) is 0 Å². The van der Waals surface area contributed by atoms with Crippen molar-refractivity contribution in [3.8, 4) is 16.9 Å². The van der Waals surface area contributed by atoms with Gasteiger partial charge in [-0.3, -0.25) is 9.32 Å². The molecule has 0 aliphatic rings. The van der Waals surface area contributed by atoms with E-state index in [-0.39, 0.29) is 16.8 Å². The Morgan fingerprint density at radius 2 is 1.66 bits per heavy atom. The van der Waals surface area contributed by atoms with E-state index in [4.69, 9.17) is 20.3 Å². The van der Waals surface area contributed by atoms with Crippen molar-refractivity contribution in [3.05, 3.63) is 82.3 Å². The minimum absolute atomic E-state index is 0.0352. The molecule has 0 aliphatic carbocycles. The molecular formula is C25H25BrF3N2O6P. The molecule has 38 heavy (non-hydrogen) atoms. The van der Waals surface area contributed by atoms with Crippen LogP contribution in [0.2, 0.25) is 0 Å². The fourth-order valence-electron chi connectivity index (χ4n) is 3.31. The summed E-state index contributed by atoms with van der Waals surface area (Å²) in [5.74, 6) is -1.46. The van der Waals surface area contributed by atoms with Crippen molar-refractivity contribution in [1.82, 2.24) is 0 Å². The Morgan fingerprint density at radius 1 is 1.05 bits per heavy atom. The Bertz CT molecular complexity index is 1320. The third-order valence-corrected chi connectivity index (χ3v) is 6.51. The van der Waals surface area contributed by atoms with Crippen LogP contribution in [0.5, 0.6) is 5.75 Å². The van der Waals surface area contributed by atoms with Crippen LogP contribution >= 0.6 is 23.8 Å². The number of hydrogen-bond acceptors (Lipinski definition) is 5. The number of phosphoric acid groups is 1. The van der Waals surface area contributed by atoms with E-state index in [0.717, 1.165) is 29.7 Å². The van der Waals surface area contributed by atoms with Crippen LogP contribution in [0.25, 0.3) is 11.1 Å². The molecule has 3 aromatic carbocycles. The number of carbonyl (C=O) groups excluding carboxylic acids is 1. The topological polar surface area (TPSA) is 131 Å². The van der Waals surface area contributed by atoms with Crippen molar-refractivity contribution in [3.63, 3.8) is 0 Å². The Balaban J connectivity index is 1.71. The summed E-state index contributed by atoms with van der Waals surface area (Å²) in [6, 6.07) is 19.1. The molecule has 0 aliphatic heterocycles. The van der Waals surface area contributed by atoms with Crippen molar-refractivity contribution in [1.29, 1.82) is 0 Å². The van der Waals surface area contributed by atoms with Crippen molar-refractivity contribution in [2.45, 2.75) is 25.1 Å². The second-order valence-corrected chi connectivity index (χ2v) is 10.7. The Morgan fingerprint density at radius 3 is 2.24 bits per heavy atom. The van der Waals surface area contributed by atoms with Gasteiger partial charge in [0.2, 0.25) is 5.91 Å². The first-order valence-corrected chi connectivity index (χ1v) is 13.5. The molecule has 13 heteroatoms. The summed E-state index contributed by atoms with van der Waals surface area (Å²) in [4.78, 5) is 30.1. The number of benzene rings is 3. The van der Waals surface area contributed by atoms with Gasteiger partial charge in [0.15, 0.2) is 0 Å². The number of halogens is 4. The van der Waals surface area contributed by atoms with Gasteiger partial charge in [-0.15, -0.1) is 0 Å². The van der Waals surface area contributed by atoms with E-state index in [1.807, 2.05) is 54.6 Å². The molecule has 0 bridgehead atoms. The molecule has 0 spiro atoms. The van der Waals surface area contributed by atoms with Gasteiger partial charge in [0.25, 0.3) is 0 Å². The lowest BCUT2D eigenvalue weighted by Crippen LogP contribution is -2.52. The van der Waals surface area contributed by atoms with Gasteiger partial charge in [-0.05, 0) is 51.7 Å². The standard InChI is InChI=1S/C25H25BrF3N2O6P/c1-24(30,15-37-38(33,34)35)23(32)31-21-13-19(25(27,28)29)22(14-20(21)26)36-12-11-16-7-9-18(10-8-16)17-5-3-2-4-6-17/h2-10,13-14H,11-12,15,30H2,1H3,(H,31,32)(H2,33,34,35)/t24-/m0/s1. The maximum absolute atomic E-state index is 13.8. The molecule has 8 nitrogen and oxygen atoms in total. The molecule has 3 aromatic rings. The Labute approximate surface area is 225 Å². The summed E-state index contributed by atoms with van der Waals surface area (Å²) >= 11 is 3.12. The molecular weight excluding hydrogens is 592 g/mol. The second-order valence-electron chi connectivity index (χ2n) is 8.62. The molecule has 5 N–H and O–H groups in total. The molecule has 1 amide bonds. The number of rotatable bonds is 10. The summed E-state index contributed by atoms with van der Waals surface area (Å²) in [5.41, 5.74) is 5.33. The van der Waals surface area contributed by atoms with E-state index in [9.17, 15) is 22.5 Å². The molecule has 0 fully saturated rings. The molecule has 0 saturated heterocycles. The zero-order chi connectivity index (χ0) is 28.1. The molecule has 0 saturated carbocycles. The predicted octanol–water partition coefficient (Wildman–Crippen LogP) is 5.52. The number of amides is 1. The number of carbonyl (C=O) groups is 1. The number of nitrogens with two attached hydrogens (primary N) is 1. The summed E-state index contributed by atoms with van der Waals surface area (Å²) in [7, 11) is -4.91. The van der Waals surface area contributed by atoms with Gasteiger partial charge in [0.1, 0.15) is 11.3 Å². The minimum atomic E-state index is -4.91. The third kappa shape index (κ3) is 8.39. The maximum Gasteiger partial charge on any atom is 0.469 e. The van der Waals surface area contributed by atoms with Crippen LogP contribution in [0.15, 0.2) is 71.2 Å². The predicted molar refractivity (Wildman–Crippen MR) is 139 cm³/mol. The molecule has 3 rings (SSSR count). The fraction of sp³-hybridized carbons (Fsp3) is 0.240. The molecule has 204 valence electrons. The number of phosphoric ester groups is 1.